The SMILES string of the molecule is COc1cc(N)c2ncccc2c1.COc1cc(N2CCNCC2)c2ncccc2c1.COc1cc(N2CCNCC2)c2ncccc2c1.Cl.ClCCNCCCl.O=C(O)CCCCC(=O)O.[Na+].[OH-]. The summed E-state index contributed by atoms with van der Waals surface area (Å²) in [6.45, 7) is 9.84. The van der Waals surface area contributed by atoms with Gasteiger partial charge in [-0.2, -0.15) is 0 Å². The summed E-state index contributed by atoms with van der Waals surface area (Å²) in [7, 11) is 5.04. The number of aromatic nitrogens is 3. The number of anilines is 3. The Kier molecular flexibility index (Phi) is 32.0. The number of alkyl halides is 2. The van der Waals surface area contributed by atoms with Crippen molar-refractivity contribution >= 4 is 97.3 Å². The topological polar surface area (TPSA) is 240 Å². The van der Waals surface area contributed by atoms with Gasteiger partial charge in [0.15, 0.2) is 0 Å². The second-order valence-electron chi connectivity index (χ2n) is 14.8. The minimum Gasteiger partial charge on any atom is -0.870 e. The summed E-state index contributed by atoms with van der Waals surface area (Å²) < 4.78 is 15.9. The molecule has 3 aromatic heterocycles. The molecule has 8 rings (SSSR count). The number of benzene rings is 3. The molecule has 6 aromatic rings. The van der Waals surface area contributed by atoms with Crippen molar-refractivity contribution in [3.05, 3.63) is 91.4 Å². The minimum atomic E-state index is -0.870. The van der Waals surface area contributed by atoms with Crippen LogP contribution < -0.4 is 75.3 Å². The van der Waals surface area contributed by atoms with Gasteiger partial charge in [-0.05, 0) is 49.2 Å². The summed E-state index contributed by atoms with van der Waals surface area (Å²) in [4.78, 5) is 37.7. The molecule has 0 radical (unpaired) electrons. The van der Waals surface area contributed by atoms with Crippen molar-refractivity contribution in [2.45, 2.75) is 25.7 Å². The Labute approximate surface area is 442 Å². The third-order valence-electron chi connectivity index (χ3n) is 10.2. The first-order valence-corrected chi connectivity index (χ1v) is 22.9. The van der Waals surface area contributed by atoms with Crippen LogP contribution in [0, 0.1) is 0 Å². The van der Waals surface area contributed by atoms with Crippen molar-refractivity contribution in [1.82, 2.24) is 30.9 Å². The van der Waals surface area contributed by atoms with E-state index in [1.807, 2.05) is 54.9 Å². The molecule has 2 aliphatic heterocycles. The Balaban J connectivity index is 0.000000443. The fourth-order valence-electron chi connectivity index (χ4n) is 6.94. The molecule has 2 aliphatic rings. The number of pyridine rings is 3. The van der Waals surface area contributed by atoms with E-state index in [2.05, 4.69) is 65.0 Å². The van der Waals surface area contributed by atoms with E-state index < -0.39 is 11.9 Å². The predicted octanol–water partition coefficient (Wildman–Crippen LogP) is 4.15. The molecule has 0 aliphatic carbocycles. The molecule has 0 unspecified atom stereocenters. The Bertz CT molecular complexity index is 2280. The normalized spacial score (nSPS) is 12.5. The number of nitrogens with zero attached hydrogens (tertiary/aromatic N) is 5. The van der Waals surface area contributed by atoms with Crippen molar-refractivity contribution in [2.75, 3.05) is 114 Å². The van der Waals surface area contributed by atoms with Gasteiger partial charge in [-0.25, -0.2) is 0 Å². The second kappa shape index (κ2) is 35.4. The maximum absolute atomic E-state index is 9.90. The van der Waals surface area contributed by atoms with E-state index in [1.54, 1.807) is 33.6 Å². The largest absolute Gasteiger partial charge is 1.00 e. The molecule has 0 saturated carbocycles. The molecule has 0 atom stereocenters. The van der Waals surface area contributed by atoms with Crippen LogP contribution in [-0.4, -0.2) is 141 Å². The van der Waals surface area contributed by atoms with Crippen LogP contribution in [0.1, 0.15) is 25.7 Å². The molecule has 2 saturated heterocycles. The van der Waals surface area contributed by atoms with Crippen LogP contribution in [0.5, 0.6) is 17.2 Å². The summed E-state index contributed by atoms with van der Waals surface area (Å²) in [6.07, 6.45) is 6.44. The number of hydrogen-bond donors (Lipinski definition) is 6. The summed E-state index contributed by atoms with van der Waals surface area (Å²) in [5, 5.41) is 29.3. The molecule has 0 amide bonds. The number of halogens is 3. The predicted molar refractivity (Wildman–Crippen MR) is 277 cm³/mol. The minimum absolute atomic E-state index is 0. The van der Waals surface area contributed by atoms with Crippen molar-refractivity contribution in [3.8, 4) is 17.2 Å². The van der Waals surface area contributed by atoms with Gasteiger partial charge in [0, 0.05) is 143 Å². The number of methoxy groups -OCH3 is 3. The zero-order valence-electron chi connectivity index (χ0n) is 39.8. The number of carboxylic acid groups (broad SMARTS) is 2. The molecule has 372 valence electrons. The fourth-order valence-corrected chi connectivity index (χ4v) is 7.21. The molecule has 2 fully saturated rings. The Morgan fingerprint density at radius 1 is 0.638 bits per heavy atom. The fraction of sp³-hybridized carbons (Fsp3) is 0.396. The number of nitrogens with one attached hydrogen (secondary N) is 3. The van der Waals surface area contributed by atoms with Gasteiger partial charge in [0.25, 0.3) is 0 Å². The van der Waals surface area contributed by atoms with E-state index in [-0.39, 0.29) is 60.3 Å². The van der Waals surface area contributed by atoms with E-state index in [0.29, 0.717) is 30.3 Å². The Morgan fingerprint density at radius 2 is 0.986 bits per heavy atom. The molecule has 5 heterocycles. The molecular weight excluding hydrogens is 960 g/mol. The van der Waals surface area contributed by atoms with Gasteiger partial charge in [0.05, 0.1) is 54.9 Å². The van der Waals surface area contributed by atoms with Crippen LogP contribution in [0.4, 0.5) is 17.1 Å². The first-order chi connectivity index (χ1) is 32.1. The van der Waals surface area contributed by atoms with Gasteiger partial charge in [-0.15, -0.1) is 35.6 Å². The summed E-state index contributed by atoms with van der Waals surface area (Å²) in [5.74, 6) is 2.13. The zero-order valence-corrected chi connectivity index (χ0v) is 44.2. The third-order valence-corrected chi connectivity index (χ3v) is 10.6. The molecule has 8 N–H and O–H groups in total. The van der Waals surface area contributed by atoms with Crippen LogP contribution in [0.3, 0.4) is 0 Å². The van der Waals surface area contributed by atoms with E-state index in [4.69, 9.17) is 53.4 Å². The Hall–Kier alpha value is -4.66. The molecule has 69 heavy (non-hydrogen) atoms. The van der Waals surface area contributed by atoms with E-state index >= 15 is 0 Å². The smallest absolute Gasteiger partial charge is 0.870 e. The monoisotopic (exact) mass is 1020 g/mol. The van der Waals surface area contributed by atoms with Crippen molar-refractivity contribution in [1.29, 1.82) is 0 Å². The third kappa shape index (κ3) is 21.5. The standard InChI is InChI=1S/2C14H17N3O.C10H10N2O.C6H10O4.C4H9Cl2N.ClH.Na.H2O/c2*1-18-12-9-11-3-2-4-16-14(11)13(10-12)17-7-5-15-6-8-17;1-13-8-5-7-3-2-4-12-10(7)9(11)6-8;7-5(8)3-1-2-4-6(9)10;5-1-3-7-4-2-6;;;/h2*2-4,9-10,15H,5-8H2,1H3;2-6H,11H2,1H3;1-4H2,(H,7,8)(H,9,10);7H,1-4H2;1H;;1H2/q;;;;;;+1;/p-1. The van der Waals surface area contributed by atoms with Crippen LogP contribution in [0.2, 0.25) is 0 Å². The first-order valence-electron chi connectivity index (χ1n) is 21.8. The van der Waals surface area contributed by atoms with Gasteiger partial charge >= 0.3 is 41.5 Å². The van der Waals surface area contributed by atoms with Crippen LogP contribution in [0.15, 0.2) is 91.4 Å². The molecule has 17 nitrogen and oxygen atoms in total. The quantitative estimate of drug-likeness (QED) is 0.0389. The summed E-state index contributed by atoms with van der Waals surface area (Å²) >= 11 is 10.7. The number of nitrogens with two attached hydrogens (primary N) is 1. The molecule has 21 heteroatoms. The van der Waals surface area contributed by atoms with Crippen molar-refractivity contribution in [3.63, 3.8) is 0 Å². The average molecular weight is 1030 g/mol. The van der Waals surface area contributed by atoms with Gasteiger partial charge in [0.1, 0.15) is 17.2 Å². The molecule has 0 spiro atoms. The number of aliphatic carboxylic acids is 2. The van der Waals surface area contributed by atoms with Gasteiger partial charge in [-0.3, -0.25) is 24.5 Å². The van der Waals surface area contributed by atoms with Crippen LogP contribution in [-0.2, 0) is 9.59 Å². The maximum atomic E-state index is 9.90. The first kappa shape index (κ1) is 62.4. The number of nitrogen functional groups attached to an aromatic ring is 1. The zero-order chi connectivity index (χ0) is 47.5. The number of hydrogen-bond acceptors (Lipinski definition) is 15. The number of rotatable bonds is 14. The van der Waals surface area contributed by atoms with Crippen molar-refractivity contribution < 1.29 is 69.0 Å². The molecule has 3 aromatic carbocycles. The maximum Gasteiger partial charge on any atom is 1.00 e. The molecular formula is C48H65Cl3N9NaO8. The van der Waals surface area contributed by atoms with Gasteiger partial charge in [-0.1, -0.05) is 18.2 Å². The Morgan fingerprint density at radius 3 is 1.33 bits per heavy atom. The second-order valence-corrected chi connectivity index (χ2v) is 15.6. The summed E-state index contributed by atoms with van der Waals surface area (Å²) in [5.41, 5.74) is 11.7. The number of carboxylic acids is 2. The van der Waals surface area contributed by atoms with Crippen LogP contribution in [0.25, 0.3) is 32.7 Å². The van der Waals surface area contributed by atoms with Gasteiger partial charge < -0.3 is 61.4 Å². The van der Waals surface area contributed by atoms with E-state index in [1.165, 1.54) is 11.4 Å². The molecule has 0 bridgehead atoms. The van der Waals surface area contributed by atoms with E-state index in [9.17, 15) is 9.59 Å². The number of ether oxygens (including phenoxy) is 3. The number of fused-ring (bicyclic) bond motifs is 3. The average Bonchev–Trinajstić information content (AvgIpc) is 3.36. The van der Waals surface area contributed by atoms with Gasteiger partial charge in [0.2, 0.25) is 0 Å². The number of unbranched alkanes of at least 4 members (excludes halogenated alkanes) is 1. The van der Waals surface area contributed by atoms with Crippen LogP contribution >= 0.6 is 35.6 Å². The van der Waals surface area contributed by atoms with E-state index in [0.717, 1.165) is 115 Å². The number of piperazine rings is 2. The number of carbonyl (C=O) groups is 2. The van der Waals surface area contributed by atoms with Crippen molar-refractivity contribution in [2.24, 2.45) is 0 Å². The summed E-state index contributed by atoms with van der Waals surface area (Å²) in [6, 6.07) is 23.8.